The van der Waals surface area contributed by atoms with E-state index in [0.717, 1.165) is 60.8 Å². The molecule has 504 valence electrons. The highest BCUT2D eigenvalue weighted by atomic mass is 32.2. The molecule has 3 atom stereocenters. The van der Waals surface area contributed by atoms with Crippen LogP contribution in [0.15, 0.2) is 48.5 Å². The summed E-state index contributed by atoms with van der Waals surface area (Å²) in [5.74, 6) is -2.36. The molecule has 0 saturated heterocycles. The topological polar surface area (TPSA) is 202 Å². The normalized spacial score (nSPS) is 13.1. The molecule has 0 heterocycles. The number of fused-ring (bicyclic) bond motifs is 3. The van der Waals surface area contributed by atoms with Crippen molar-refractivity contribution in [2.24, 2.45) is 0 Å². The van der Waals surface area contributed by atoms with Crippen molar-refractivity contribution >= 4 is 53.5 Å². The first-order valence-corrected chi connectivity index (χ1v) is 36.0. The number of carbonyl (C=O) groups is 7. The smallest absolute Gasteiger partial charge is 0.407 e. The van der Waals surface area contributed by atoms with Crippen molar-refractivity contribution in [2.75, 3.05) is 31.3 Å². The van der Waals surface area contributed by atoms with Crippen LogP contribution in [-0.4, -0.2) is 102 Å². The lowest BCUT2D eigenvalue weighted by Crippen LogP contribution is -2.49. The van der Waals surface area contributed by atoms with Gasteiger partial charge in [-0.05, 0) is 95.9 Å². The third kappa shape index (κ3) is 37.7. The van der Waals surface area contributed by atoms with E-state index in [9.17, 15) is 33.6 Å². The number of hydrogen-bond acceptors (Lipinski definition) is 13. The number of esters is 4. The Morgan fingerprint density at radius 1 is 0.472 bits per heavy atom. The van der Waals surface area contributed by atoms with Gasteiger partial charge in [0.05, 0.1) is 0 Å². The second-order valence-electron chi connectivity index (χ2n) is 26.6. The first-order chi connectivity index (χ1) is 42.8. The lowest BCUT2D eigenvalue weighted by atomic mass is 9.98. The predicted molar refractivity (Wildman–Crippen MR) is 360 cm³/mol. The summed E-state index contributed by atoms with van der Waals surface area (Å²) < 4.78 is 28.6. The van der Waals surface area contributed by atoms with Crippen LogP contribution in [0, 0.1) is 0 Å². The van der Waals surface area contributed by atoms with Crippen LogP contribution in [0.2, 0.25) is 0 Å². The van der Waals surface area contributed by atoms with Crippen molar-refractivity contribution < 1.29 is 57.2 Å². The third-order valence-electron chi connectivity index (χ3n) is 16.0. The number of hydrogen-bond donors (Lipinski definition) is 3. The van der Waals surface area contributed by atoms with Crippen LogP contribution in [-0.2, 0) is 52.5 Å². The van der Waals surface area contributed by atoms with E-state index in [1.165, 1.54) is 134 Å². The molecular formula is C73H119N3O12S. The van der Waals surface area contributed by atoms with Crippen LogP contribution in [0.3, 0.4) is 0 Å². The molecule has 0 saturated carbocycles. The Labute approximate surface area is 541 Å². The van der Waals surface area contributed by atoms with E-state index in [-0.39, 0.29) is 74.2 Å². The molecule has 1 aliphatic carbocycles. The second kappa shape index (κ2) is 46.9. The van der Waals surface area contributed by atoms with Crippen LogP contribution in [0.1, 0.15) is 297 Å². The number of carbonyl (C=O) groups excluding carboxylic acids is 7. The Hall–Kier alpha value is -5.12. The Morgan fingerprint density at radius 2 is 0.921 bits per heavy atom. The molecule has 0 radical (unpaired) electrons. The number of nitrogens with one attached hydrogen (secondary N) is 3. The number of thioether (sulfide) groups is 1. The lowest BCUT2D eigenvalue weighted by molar-refractivity contribution is -0.160. The summed E-state index contributed by atoms with van der Waals surface area (Å²) in [4.78, 5) is 92.8. The van der Waals surface area contributed by atoms with Gasteiger partial charge in [0.1, 0.15) is 42.6 Å². The van der Waals surface area contributed by atoms with Gasteiger partial charge in [-0.25, -0.2) is 9.59 Å². The third-order valence-corrected chi connectivity index (χ3v) is 17.1. The fourth-order valence-electron chi connectivity index (χ4n) is 11.1. The number of rotatable bonds is 51. The van der Waals surface area contributed by atoms with Crippen molar-refractivity contribution in [1.29, 1.82) is 0 Å². The molecule has 1 aliphatic rings. The van der Waals surface area contributed by atoms with Gasteiger partial charge in [-0.1, -0.05) is 229 Å². The molecule has 2 aromatic carbocycles. The van der Waals surface area contributed by atoms with Gasteiger partial charge in [-0.15, -0.1) is 0 Å². The first kappa shape index (κ1) is 78.1. The molecule has 0 spiro atoms. The predicted octanol–water partition coefficient (Wildman–Crippen LogP) is 17.1. The molecule has 2 aromatic rings. The number of alkyl carbamates (subject to hydrolysis) is 1. The molecule has 16 heteroatoms. The van der Waals surface area contributed by atoms with Gasteiger partial charge in [-0.3, -0.25) is 24.0 Å². The van der Waals surface area contributed by atoms with Gasteiger partial charge in [0.2, 0.25) is 11.8 Å². The standard InChI is InChI=1S/C73H119N3O12S/c1-9-11-13-15-17-19-21-23-25-27-29-31-36-48-66(78)84-53-57(86-67(79)49-37-32-30-28-26-24-22-20-18-16-14-12-10-2)55-89-56-64(76-71(83)85-54-62-60-45-40-38-43-58(60)59-44-39-41-46-61(59)62)69(81)74-52-42-34-33-35-47-65(77)75-63(70(82)88-73(6,7)8)50-51-68(80)87-72(3,4)5/h38-41,43-46,57,62-64H,9-37,42,47-56H2,1-8H3,(H,74,81)(H,75,77)(H,76,83)/t57-,63+,64+/m1/s1. The Morgan fingerprint density at radius 3 is 1.42 bits per heavy atom. The number of unbranched alkanes of at least 4 members (excludes halogenated alkanes) is 27. The van der Waals surface area contributed by atoms with Gasteiger partial charge in [0.25, 0.3) is 0 Å². The van der Waals surface area contributed by atoms with Crippen molar-refractivity contribution in [3.8, 4) is 11.1 Å². The van der Waals surface area contributed by atoms with Crippen LogP contribution >= 0.6 is 11.8 Å². The summed E-state index contributed by atoms with van der Waals surface area (Å²) in [7, 11) is 0. The fraction of sp³-hybridized carbons (Fsp3) is 0.740. The number of ether oxygens (including phenoxy) is 5. The highest BCUT2D eigenvalue weighted by molar-refractivity contribution is 7.99. The van der Waals surface area contributed by atoms with E-state index in [1.807, 2.05) is 36.4 Å². The summed E-state index contributed by atoms with van der Waals surface area (Å²) in [6, 6.07) is 14.1. The summed E-state index contributed by atoms with van der Waals surface area (Å²) in [5.41, 5.74) is 2.84. The number of amides is 3. The second-order valence-corrected chi connectivity index (χ2v) is 27.6. The molecule has 3 N–H and O–H groups in total. The molecule has 0 fully saturated rings. The summed E-state index contributed by atoms with van der Waals surface area (Å²) in [5, 5.41) is 8.56. The summed E-state index contributed by atoms with van der Waals surface area (Å²) in [6.07, 6.45) is 32.9. The minimum absolute atomic E-state index is 0.0352. The Kier molecular flexibility index (Phi) is 41.1. The van der Waals surface area contributed by atoms with Crippen molar-refractivity contribution in [1.82, 2.24) is 16.0 Å². The minimum atomic E-state index is -1.02. The largest absolute Gasteiger partial charge is 0.462 e. The van der Waals surface area contributed by atoms with Gasteiger partial charge in [0.15, 0.2) is 0 Å². The Balaban J connectivity index is 1.59. The van der Waals surface area contributed by atoms with Crippen LogP contribution in [0.25, 0.3) is 11.1 Å². The van der Waals surface area contributed by atoms with Gasteiger partial charge >= 0.3 is 30.0 Å². The average Bonchev–Trinajstić information content (AvgIpc) is 1.65. The summed E-state index contributed by atoms with van der Waals surface area (Å²) in [6.45, 7) is 15.3. The first-order valence-electron chi connectivity index (χ1n) is 34.9. The van der Waals surface area contributed by atoms with E-state index in [1.54, 1.807) is 41.5 Å². The zero-order valence-electron chi connectivity index (χ0n) is 56.5. The van der Waals surface area contributed by atoms with E-state index < -0.39 is 53.3 Å². The quantitative estimate of drug-likeness (QED) is 0.0321. The van der Waals surface area contributed by atoms with Gasteiger partial charge in [-0.2, -0.15) is 11.8 Å². The highest BCUT2D eigenvalue weighted by Gasteiger charge is 2.31. The molecule has 3 rings (SSSR count). The molecular weight excluding hydrogens is 1140 g/mol. The average molecular weight is 1260 g/mol. The van der Waals surface area contributed by atoms with Crippen molar-refractivity contribution in [3.63, 3.8) is 0 Å². The van der Waals surface area contributed by atoms with Crippen molar-refractivity contribution in [3.05, 3.63) is 59.7 Å². The van der Waals surface area contributed by atoms with E-state index in [2.05, 4.69) is 41.9 Å². The van der Waals surface area contributed by atoms with Crippen LogP contribution < -0.4 is 16.0 Å². The molecule has 0 aromatic heterocycles. The SMILES string of the molecule is CCCCCCCCCCCCCCCC(=O)OC[C@H](CSC[C@H](NC(=O)OCC1c2ccccc2-c2ccccc21)C(=O)NCCCCCCC(=O)N[C@@H](CCC(=O)OC(C)(C)C)C(=O)OC(C)(C)C)OC(=O)CCCCCCCCCCCCCCC. The molecule has 0 aliphatic heterocycles. The maximum Gasteiger partial charge on any atom is 0.407 e. The van der Waals surface area contributed by atoms with Crippen molar-refractivity contribution in [2.45, 2.75) is 315 Å². The van der Waals surface area contributed by atoms with Gasteiger partial charge < -0.3 is 39.6 Å². The fourth-order valence-corrected chi connectivity index (χ4v) is 12.2. The zero-order valence-corrected chi connectivity index (χ0v) is 57.3. The Bertz CT molecular complexity index is 2270. The molecule has 0 unspecified atom stereocenters. The highest BCUT2D eigenvalue weighted by Crippen LogP contribution is 2.44. The summed E-state index contributed by atoms with van der Waals surface area (Å²) >= 11 is 1.32. The molecule has 3 amide bonds. The zero-order chi connectivity index (χ0) is 65.0. The van der Waals surface area contributed by atoms with E-state index in [4.69, 9.17) is 23.7 Å². The monoisotopic (exact) mass is 1260 g/mol. The lowest BCUT2D eigenvalue weighted by Gasteiger charge is -2.25. The maximum absolute atomic E-state index is 14.0. The molecule has 15 nitrogen and oxygen atoms in total. The van der Waals surface area contributed by atoms with Crippen LogP contribution in [0.4, 0.5) is 4.79 Å². The minimum Gasteiger partial charge on any atom is -0.462 e. The van der Waals surface area contributed by atoms with E-state index >= 15 is 0 Å². The molecule has 0 bridgehead atoms. The maximum atomic E-state index is 14.0. The van der Waals surface area contributed by atoms with Crippen LogP contribution in [0.5, 0.6) is 0 Å². The van der Waals surface area contributed by atoms with E-state index in [0.29, 0.717) is 45.1 Å². The number of benzene rings is 2. The molecule has 89 heavy (non-hydrogen) atoms. The van der Waals surface area contributed by atoms with Gasteiger partial charge in [0, 0.05) is 49.7 Å².